The van der Waals surface area contributed by atoms with Crippen molar-refractivity contribution < 1.29 is 10.0 Å². The maximum Gasteiger partial charge on any atom is 0.488 e. The standard InChI is InChI=1S/C11H13BO2/c13-12(14)10-3-1-2-9-7-4-5-8(6-7)11(9)10/h1-3,7-8,13-14H,4-6H2. The average Bonchev–Trinajstić information content (AvgIpc) is 2.77. The maximum atomic E-state index is 9.27. The van der Waals surface area contributed by atoms with Crippen LogP contribution >= 0.6 is 0 Å². The molecule has 2 nitrogen and oxygen atoms in total. The smallest absolute Gasteiger partial charge is 0.423 e. The lowest BCUT2D eigenvalue weighted by Crippen LogP contribution is -2.34. The van der Waals surface area contributed by atoms with E-state index < -0.39 is 7.12 Å². The van der Waals surface area contributed by atoms with Crippen molar-refractivity contribution in [3.8, 4) is 0 Å². The van der Waals surface area contributed by atoms with E-state index in [2.05, 4.69) is 6.07 Å². The molecule has 0 heterocycles. The van der Waals surface area contributed by atoms with Gasteiger partial charge in [0.1, 0.15) is 0 Å². The Balaban J connectivity index is 2.18. The lowest BCUT2D eigenvalue weighted by Gasteiger charge is -2.18. The van der Waals surface area contributed by atoms with Gasteiger partial charge in [-0.2, -0.15) is 0 Å². The van der Waals surface area contributed by atoms with Crippen LogP contribution in [0.25, 0.3) is 0 Å². The zero-order valence-corrected chi connectivity index (χ0v) is 7.98. The Morgan fingerprint density at radius 3 is 2.71 bits per heavy atom. The predicted octanol–water partition coefficient (Wildman–Crippen LogP) is 0.731. The van der Waals surface area contributed by atoms with Gasteiger partial charge >= 0.3 is 7.12 Å². The fraction of sp³-hybridized carbons (Fsp3) is 0.455. The molecule has 72 valence electrons. The Labute approximate surface area is 83.7 Å². The minimum absolute atomic E-state index is 0.591. The highest BCUT2D eigenvalue weighted by Gasteiger charge is 2.39. The summed E-state index contributed by atoms with van der Waals surface area (Å²) in [5, 5.41) is 18.5. The van der Waals surface area contributed by atoms with E-state index >= 15 is 0 Å². The Morgan fingerprint density at radius 1 is 1.14 bits per heavy atom. The third-order valence-electron chi connectivity index (χ3n) is 3.73. The van der Waals surface area contributed by atoms with Crippen LogP contribution in [0, 0.1) is 0 Å². The van der Waals surface area contributed by atoms with E-state index in [1.165, 1.54) is 30.4 Å². The maximum absolute atomic E-state index is 9.27. The van der Waals surface area contributed by atoms with Gasteiger partial charge < -0.3 is 10.0 Å². The van der Waals surface area contributed by atoms with Crippen LogP contribution in [-0.4, -0.2) is 17.2 Å². The molecule has 0 amide bonds. The van der Waals surface area contributed by atoms with Gasteiger partial charge in [-0.15, -0.1) is 0 Å². The molecular weight excluding hydrogens is 175 g/mol. The first kappa shape index (κ1) is 8.51. The molecular formula is C11H13BO2. The van der Waals surface area contributed by atoms with Crippen LogP contribution in [0.3, 0.4) is 0 Å². The van der Waals surface area contributed by atoms with Gasteiger partial charge in [-0.3, -0.25) is 0 Å². The molecule has 0 aromatic heterocycles. The van der Waals surface area contributed by atoms with Gasteiger partial charge in [0.2, 0.25) is 0 Å². The second-order valence-corrected chi connectivity index (χ2v) is 4.43. The van der Waals surface area contributed by atoms with Crippen molar-refractivity contribution in [3.63, 3.8) is 0 Å². The Kier molecular flexibility index (Phi) is 1.73. The molecule has 1 aromatic carbocycles. The van der Waals surface area contributed by atoms with Gasteiger partial charge in [0.05, 0.1) is 0 Å². The summed E-state index contributed by atoms with van der Waals surface area (Å²) in [4.78, 5) is 0. The summed E-state index contributed by atoms with van der Waals surface area (Å²) in [5.74, 6) is 1.28. The predicted molar refractivity (Wildman–Crippen MR) is 55.6 cm³/mol. The molecule has 2 unspecified atom stereocenters. The molecule has 0 radical (unpaired) electrons. The number of hydrogen-bond acceptors (Lipinski definition) is 2. The molecule has 2 N–H and O–H groups in total. The molecule has 3 heteroatoms. The van der Waals surface area contributed by atoms with Gasteiger partial charge in [-0.1, -0.05) is 18.2 Å². The van der Waals surface area contributed by atoms with E-state index in [0.717, 1.165) is 5.46 Å². The molecule has 14 heavy (non-hydrogen) atoms. The normalized spacial score (nSPS) is 27.9. The summed E-state index contributed by atoms with van der Waals surface area (Å²) in [6.45, 7) is 0. The molecule has 0 aliphatic heterocycles. The monoisotopic (exact) mass is 188 g/mol. The van der Waals surface area contributed by atoms with Gasteiger partial charge in [-0.25, -0.2) is 0 Å². The van der Waals surface area contributed by atoms with Crippen LogP contribution in [0.1, 0.15) is 42.2 Å². The molecule has 1 saturated carbocycles. The van der Waals surface area contributed by atoms with Gasteiger partial charge in [-0.05, 0) is 47.7 Å². The highest BCUT2D eigenvalue weighted by Crippen LogP contribution is 2.52. The summed E-state index contributed by atoms with van der Waals surface area (Å²) in [7, 11) is -1.30. The van der Waals surface area contributed by atoms with Gasteiger partial charge in [0.15, 0.2) is 0 Å². The van der Waals surface area contributed by atoms with Crippen molar-refractivity contribution in [2.45, 2.75) is 31.1 Å². The van der Waals surface area contributed by atoms with Crippen LogP contribution in [0.4, 0.5) is 0 Å². The fourth-order valence-corrected chi connectivity index (χ4v) is 3.18. The second kappa shape index (κ2) is 2.85. The van der Waals surface area contributed by atoms with Crippen LogP contribution in [0.2, 0.25) is 0 Å². The molecule has 2 bridgehead atoms. The summed E-state index contributed by atoms with van der Waals surface area (Å²) in [5.41, 5.74) is 3.33. The number of benzene rings is 1. The fourth-order valence-electron chi connectivity index (χ4n) is 3.18. The van der Waals surface area contributed by atoms with Gasteiger partial charge in [0.25, 0.3) is 0 Å². The molecule has 1 aromatic rings. The molecule has 2 atom stereocenters. The third-order valence-corrected chi connectivity index (χ3v) is 3.73. The minimum Gasteiger partial charge on any atom is -0.423 e. The first-order chi connectivity index (χ1) is 6.77. The Bertz CT molecular complexity index is 376. The van der Waals surface area contributed by atoms with Crippen molar-refractivity contribution in [1.29, 1.82) is 0 Å². The lowest BCUT2D eigenvalue weighted by atomic mass is 9.72. The van der Waals surface area contributed by atoms with Crippen molar-refractivity contribution in [2.75, 3.05) is 0 Å². The number of rotatable bonds is 1. The Morgan fingerprint density at radius 2 is 1.93 bits per heavy atom. The van der Waals surface area contributed by atoms with E-state index in [9.17, 15) is 10.0 Å². The Hall–Kier alpha value is -0.795. The summed E-state index contributed by atoms with van der Waals surface area (Å²) in [6.07, 6.45) is 3.73. The molecule has 0 spiro atoms. The van der Waals surface area contributed by atoms with E-state index in [0.29, 0.717) is 11.8 Å². The lowest BCUT2D eigenvalue weighted by molar-refractivity contribution is 0.425. The van der Waals surface area contributed by atoms with Crippen LogP contribution in [0.15, 0.2) is 18.2 Å². The van der Waals surface area contributed by atoms with Crippen molar-refractivity contribution in [2.24, 2.45) is 0 Å². The first-order valence-corrected chi connectivity index (χ1v) is 5.26. The van der Waals surface area contributed by atoms with E-state index in [-0.39, 0.29) is 0 Å². The molecule has 0 saturated heterocycles. The van der Waals surface area contributed by atoms with Crippen molar-refractivity contribution in [1.82, 2.24) is 0 Å². The average molecular weight is 188 g/mol. The van der Waals surface area contributed by atoms with E-state index in [4.69, 9.17) is 0 Å². The minimum atomic E-state index is -1.30. The number of fused-ring (bicyclic) bond motifs is 5. The zero-order valence-electron chi connectivity index (χ0n) is 7.98. The summed E-state index contributed by atoms with van der Waals surface area (Å²) < 4.78 is 0. The molecule has 3 rings (SSSR count). The third kappa shape index (κ3) is 0.997. The second-order valence-electron chi connectivity index (χ2n) is 4.43. The number of hydrogen-bond donors (Lipinski definition) is 2. The highest BCUT2D eigenvalue weighted by molar-refractivity contribution is 6.59. The molecule has 2 aliphatic carbocycles. The quantitative estimate of drug-likeness (QED) is 0.638. The van der Waals surface area contributed by atoms with Crippen LogP contribution < -0.4 is 5.46 Å². The molecule has 2 aliphatic rings. The largest absolute Gasteiger partial charge is 0.488 e. The van der Waals surface area contributed by atoms with Crippen LogP contribution in [0.5, 0.6) is 0 Å². The van der Waals surface area contributed by atoms with Crippen molar-refractivity contribution >= 4 is 12.6 Å². The van der Waals surface area contributed by atoms with E-state index in [1.807, 2.05) is 12.1 Å². The highest BCUT2D eigenvalue weighted by atomic mass is 16.4. The van der Waals surface area contributed by atoms with Crippen LogP contribution in [-0.2, 0) is 0 Å². The van der Waals surface area contributed by atoms with E-state index in [1.54, 1.807) is 0 Å². The first-order valence-electron chi connectivity index (χ1n) is 5.26. The zero-order chi connectivity index (χ0) is 9.71. The van der Waals surface area contributed by atoms with Gasteiger partial charge in [0, 0.05) is 0 Å². The summed E-state index contributed by atoms with van der Waals surface area (Å²) >= 11 is 0. The summed E-state index contributed by atoms with van der Waals surface area (Å²) in [6, 6.07) is 5.92. The van der Waals surface area contributed by atoms with Crippen molar-refractivity contribution in [3.05, 3.63) is 29.3 Å². The SMILES string of the molecule is OB(O)c1cccc2c1C1CCC2C1. The molecule has 1 fully saturated rings. The topological polar surface area (TPSA) is 40.5 Å².